The van der Waals surface area contributed by atoms with Gasteiger partial charge in [-0.15, -0.1) is 0 Å². The molecule has 4 heterocycles. The number of carbonyl (C=O) groups excluding carboxylic acids is 3. The van der Waals surface area contributed by atoms with E-state index >= 15 is 0 Å². The molecule has 214 valence electrons. The van der Waals surface area contributed by atoms with Crippen LogP contribution >= 0.6 is 0 Å². The number of nitrogens with one attached hydrogen (secondary N) is 2. The standard InChI is InChI=1S/C30H33N5O6/c1-18-25(13-32-34(18)2)30(38)35-14-26-27(15-35)41-22-7-5-19(6-8-22)12-31-28(36)17-40-24-10-21(29(37)33-26)9-23(11-24)39-16-20-3-4-20/h5-11,13,20,26-27H,3-4,12,14-17H2,1-2H3,(H,31,36)(H,33,37)/t26-,27-/m0/s1. The number of carbonyl (C=O) groups is 3. The second-order valence-electron chi connectivity index (χ2n) is 10.9. The molecule has 41 heavy (non-hydrogen) atoms. The molecule has 2 aromatic carbocycles. The number of amides is 3. The highest BCUT2D eigenvalue weighted by molar-refractivity contribution is 5.97. The molecule has 4 aliphatic rings. The highest BCUT2D eigenvalue weighted by Gasteiger charge is 2.39. The summed E-state index contributed by atoms with van der Waals surface area (Å²) >= 11 is 0. The quantitative estimate of drug-likeness (QED) is 0.503. The van der Waals surface area contributed by atoms with Crippen molar-refractivity contribution >= 4 is 17.7 Å². The van der Waals surface area contributed by atoms with Crippen LogP contribution in [0.15, 0.2) is 48.7 Å². The first-order chi connectivity index (χ1) is 19.8. The zero-order valence-corrected chi connectivity index (χ0v) is 23.1. The van der Waals surface area contributed by atoms with Crippen LogP contribution in [0.5, 0.6) is 17.2 Å². The number of hydrogen-bond donors (Lipinski definition) is 2. The van der Waals surface area contributed by atoms with Crippen molar-refractivity contribution < 1.29 is 28.6 Å². The van der Waals surface area contributed by atoms with E-state index < -0.39 is 12.1 Å². The van der Waals surface area contributed by atoms with Crippen LogP contribution in [0.25, 0.3) is 0 Å². The van der Waals surface area contributed by atoms with Crippen LogP contribution in [0.2, 0.25) is 0 Å². The molecule has 4 bridgehead atoms. The second kappa shape index (κ2) is 11.1. The number of fused-ring (bicyclic) bond motifs is 7. The van der Waals surface area contributed by atoms with Crippen LogP contribution < -0.4 is 24.8 Å². The molecule has 0 spiro atoms. The molecule has 1 saturated carbocycles. The summed E-state index contributed by atoms with van der Waals surface area (Å²) in [4.78, 5) is 41.1. The summed E-state index contributed by atoms with van der Waals surface area (Å²) in [6.45, 7) is 3.09. The third-order valence-corrected chi connectivity index (χ3v) is 7.73. The van der Waals surface area contributed by atoms with Gasteiger partial charge in [0.2, 0.25) is 0 Å². The molecule has 1 saturated heterocycles. The molecule has 1 aliphatic carbocycles. The van der Waals surface area contributed by atoms with E-state index in [1.54, 1.807) is 41.0 Å². The zero-order valence-electron chi connectivity index (χ0n) is 23.1. The predicted molar refractivity (Wildman–Crippen MR) is 148 cm³/mol. The van der Waals surface area contributed by atoms with Crippen molar-refractivity contribution in [3.05, 3.63) is 71.0 Å². The zero-order chi connectivity index (χ0) is 28.5. The third kappa shape index (κ3) is 6.13. The molecule has 0 radical (unpaired) electrons. The number of hydrogen-bond acceptors (Lipinski definition) is 7. The van der Waals surface area contributed by atoms with Crippen molar-refractivity contribution in [2.45, 2.75) is 38.5 Å². The Morgan fingerprint density at radius 2 is 1.90 bits per heavy atom. The van der Waals surface area contributed by atoms with Gasteiger partial charge < -0.3 is 29.7 Å². The Morgan fingerprint density at radius 3 is 2.63 bits per heavy atom. The fourth-order valence-electron chi connectivity index (χ4n) is 4.96. The molecular formula is C30H33N5O6. The minimum absolute atomic E-state index is 0.166. The first-order valence-corrected chi connectivity index (χ1v) is 13.8. The largest absolute Gasteiger partial charge is 0.493 e. The van der Waals surface area contributed by atoms with Gasteiger partial charge >= 0.3 is 0 Å². The SMILES string of the molecule is Cc1c(C(=O)N2C[C@@H]3NC(=O)c4cc(cc(OCC5CC5)c4)OCC(=O)NCc4ccc(cc4)O[C@H]3C2)cnn1C. The fourth-order valence-corrected chi connectivity index (χ4v) is 4.96. The summed E-state index contributed by atoms with van der Waals surface area (Å²) in [5.41, 5.74) is 2.50. The molecule has 1 aromatic heterocycles. The number of likely N-dealkylation sites (tertiary alicyclic amines) is 1. The van der Waals surface area contributed by atoms with E-state index in [1.165, 1.54) is 0 Å². The van der Waals surface area contributed by atoms with E-state index in [0.717, 1.165) is 24.1 Å². The van der Waals surface area contributed by atoms with Crippen molar-refractivity contribution in [3.63, 3.8) is 0 Å². The minimum Gasteiger partial charge on any atom is -0.493 e. The average Bonchev–Trinajstić information content (AvgIpc) is 3.64. The maximum Gasteiger partial charge on any atom is 0.258 e. The summed E-state index contributed by atoms with van der Waals surface area (Å²) in [7, 11) is 1.79. The Kier molecular flexibility index (Phi) is 7.25. The summed E-state index contributed by atoms with van der Waals surface area (Å²) in [6, 6.07) is 11.8. The molecule has 11 nitrogen and oxygen atoms in total. The van der Waals surface area contributed by atoms with Gasteiger partial charge in [-0.2, -0.15) is 5.10 Å². The number of nitrogens with zero attached hydrogens (tertiary/aromatic N) is 3. The van der Waals surface area contributed by atoms with Crippen molar-refractivity contribution in [2.24, 2.45) is 13.0 Å². The molecule has 11 heteroatoms. The van der Waals surface area contributed by atoms with Gasteiger partial charge in [0.1, 0.15) is 23.4 Å². The maximum absolute atomic E-state index is 13.6. The number of aromatic nitrogens is 2. The van der Waals surface area contributed by atoms with Gasteiger partial charge in [0.05, 0.1) is 31.0 Å². The molecular weight excluding hydrogens is 526 g/mol. The fraction of sp³-hybridized carbons (Fsp3) is 0.400. The maximum atomic E-state index is 13.6. The molecule has 0 unspecified atom stereocenters. The minimum atomic E-state index is -0.494. The Bertz CT molecular complexity index is 1460. The summed E-state index contributed by atoms with van der Waals surface area (Å²) in [5.74, 6) is 1.16. The highest BCUT2D eigenvalue weighted by atomic mass is 16.5. The third-order valence-electron chi connectivity index (χ3n) is 7.73. The Hall–Kier alpha value is -4.54. The van der Waals surface area contributed by atoms with Crippen molar-refractivity contribution in [1.29, 1.82) is 0 Å². The van der Waals surface area contributed by atoms with Gasteiger partial charge in [-0.25, -0.2) is 0 Å². The molecule has 3 amide bonds. The van der Waals surface area contributed by atoms with Gasteiger partial charge in [-0.3, -0.25) is 19.1 Å². The van der Waals surface area contributed by atoms with Gasteiger partial charge in [0.15, 0.2) is 6.61 Å². The lowest BCUT2D eigenvalue weighted by molar-refractivity contribution is -0.123. The average molecular weight is 560 g/mol. The van der Waals surface area contributed by atoms with Gasteiger partial charge in [0, 0.05) is 37.5 Å². The van der Waals surface area contributed by atoms with E-state index in [9.17, 15) is 14.4 Å². The summed E-state index contributed by atoms with van der Waals surface area (Å²) in [6.07, 6.45) is 3.33. The molecule has 2 fully saturated rings. The second-order valence-corrected chi connectivity index (χ2v) is 10.9. The van der Waals surface area contributed by atoms with E-state index in [4.69, 9.17) is 14.2 Å². The van der Waals surface area contributed by atoms with Crippen LogP contribution in [0.4, 0.5) is 0 Å². The normalized spacial score (nSPS) is 20.8. The molecule has 3 aromatic rings. The predicted octanol–water partition coefficient (Wildman–Crippen LogP) is 2.23. The lowest BCUT2D eigenvalue weighted by Gasteiger charge is -2.21. The number of benzene rings is 2. The van der Waals surface area contributed by atoms with Crippen molar-refractivity contribution in [2.75, 3.05) is 26.3 Å². The van der Waals surface area contributed by atoms with Crippen molar-refractivity contribution in [1.82, 2.24) is 25.3 Å². The summed E-state index contributed by atoms with van der Waals surface area (Å²) in [5, 5.41) is 10.1. The monoisotopic (exact) mass is 559 g/mol. The Morgan fingerprint density at radius 1 is 1.10 bits per heavy atom. The van der Waals surface area contributed by atoms with Crippen LogP contribution in [-0.4, -0.2) is 70.9 Å². The topological polar surface area (TPSA) is 124 Å². The number of ether oxygens (including phenoxy) is 3. The number of aryl methyl sites for hydroxylation is 1. The van der Waals surface area contributed by atoms with Crippen LogP contribution in [0.3, 0.4) is 0 Å². The molecule has 7 rings (SSSR count). The van der Waals surface area contributed by atoms with Gasteiger partial charge in [-0.1, -0.05) is 12.1 Å². The lowest BCUT2D eigenvalue weighted by Crippen LogP contribution is -2.45. The van der Waals surface area contributed by atoms with Crippen molar-refractivity contribution in [3.8, 4) is 17.2 Å². The number of rotatable bonds is 4. The molecule has 3 aliphatic heterocycles. The smallest absolute Gasteiger partial charge is 0.258 e. The lowest BCUT2D eigenvalue weighted by atomic mass is 10.1. The van der Waals surface area contributed by atoms with Gasteiger partial charge in [-0.05, 0) is 55.5 Å². The highest BCUT2D eigenvalue weighted by Crippen LogP contribution is 2.31. The van der Waals surface area contributed by atoms with E-state index in [0.29, 0.717) is 47.4 Å². The molecule has 2 N–H and O–H groups in total. The first-order valence-electron chi connectivity index (χ1n) is 13.8. The van der Waals surface area contributed by atoms with E-state index in [1.807, 2.05) is 31.2 Å². The Balaban J connectivity index is 1.29. The summed E-state index contributed by atoms with van der Waals surface area (Å²) < 4.78 is 19.7. The van der Waals surface area contributed by atoms with Crippen LogP contribution in [0.1, 0.15) is 44.8 Å². The first kappa shape index (κ1) is 26.7. The van der Waals surface area contributed by atoms with Crippen LogP contribution in [-0.2, 0) is 18.4 Å². The van der Waals surface area contributed by atoms with Crippen LogP contribution in [0, 0.1) is 12.8 Å². The Labute approximate surface area is 237 Å². The van der Waals surface area contributed by atoms with Gasteiger partial charge in [0.25, 0.3) is 17.7 Å². The van der Waals surface area contributed by atoms with E-state index in [-0.39, 0.29) is 37.4 Å². The van der Waals surface area contributed by atoms with E-state index in [2.05, 4.69) is 15.7 Å². The molecule has 2 atom stereocenters.